The van der Waals surface area contributed by atoms with Crippen LogP contribution in [0.15, 0.2) is 58.4 Å². The lowest BCUT2D eigenvalue weighted by molar-refractivity contribution is -0.132. The SMILES string of the molecule is Cc1c(C)c(S(=O)(=O)NC(N)=NCCC[C@H](NC(=O)[C@H](CCCCNC(=O)OC(C)(C)C)NC(=O)[C@@H](NC(=O)OCC2c3ccccc3-c3ccccc32)C(C)C)C(=O)C=[N+]=[N-])c(C)c2c1OC(C)(C)CC2. The first-order valence-electron chi connectivity index (χ1n) is 24.4. The molecule has 1 aliphatic heterocycles. The maximum Gasteiger partial charge on any atom is 0.407 e. The van der Waals surface area contributed by atoms with Gasteiger partial charge in [0.15, 0.2) is 0 Å². The summed E-state index contributed by atoms with van der Waals surface area (Å²) in [7, 11) is -4.19. The number of nitrogens with one attached hydrogen (secondary N) is 5. The third-order valence-electron chi connectivity index (χ3n) is 12.7. The average molecular weight is 1010 g/mol. The Labute approximate surface area is 422 Å². The van der Waals surface area contributed by atoms with Gasteiger partial charge in [-0.1, -0.05) is 62.4 Å². The molecule has 20 heteroatoms. The number of carbonyl (C=O) groups is 5. The van der Waals surface area contributed by atoms with E-state index in [-0.39, 0.29) is 55.7 Å². The highest BCUT2D eigenvalue weighted by molar-refractivity contribution is 7.90. The predicted octanol–water partition coefficient (Wildman–Crippen LogP) is 6.19. The van der Waals surface area contributed by atoms with E-state index < -0.39 is 75.1 Å². The van der Waals surface area contributed by atoms with Crippen LogP contribution in [0.1, 0.15) is 126 Å². The van der Waals surface area contributed by atoms with Crippen LogP contribution in [0.25, 0.3) is 16.7 Å². The lowest BCUT2D eigenvalue weighted by Gasteiger charge is -2.35. The number of hydrogen-bond acceptors (Lipinski definition) is 11. The van der Waals surface area contributed by atoms with Crippen LogP contribution in [0.4, 0.5) is 9.59 Å². The van der Waals surface area contributed by atoms with Gasteiger partial charge in [-0.25, -0.2) is 22.7 Å². The number of guanidine groups is 1. The largest absolute Gasteiger partial charge is 0.487 e. The summed E-state index contributed by atoms with van der Waals surface area (Å²) >= 11 is 0. The molecule has 3 aromatic carbocycles. The van der Waals surface area contributed by atoms with Crippen molar-refractivity contribution >= 4 is 52.0 Å². The minimum absolute atomic E-state index is 0.0119. The molecule has 0 bridgehead atoms. The molecule has 4 amide bonds. The van der Waals surface area contributed by atoms with Crippen LogP contribution >= 0.6 is 0 Å². The summed E-state index contributed by atoms with van der Waals surface area (Å²) in [6, 6.07) is 12.1. The lowest BCUT2D eigenvalue weighted by Crippen LogP contribution is -2.57. The van der Waals surface area contributed by atoms with E-state index in [0.717, 1.165) is 27.8 Å². The van der Waals surface area contributed by atoms with Gasteiger partial charge in [0.2, 0.25) is 17.8 Å². The third kappa shape index (κ3) is 14.7. The molecule has 1 aliphatic carbocycles. The Bertz CT molecular complexity index is 2660. The molecule has 3 atom stereocenters. The second-order valence-corrected chi connectivity index (χ2v) is 21.9. The molecule has 0 unspecified atom stereocenters. The van der Waals surface area contributed by atoms with Crippen LogP contribution in [-0.2, 0) is 40.3 Å². The van der Waals surface area contributed by atoms with Crippen LogP contribution in [-0.4, -0.2) is 104 Å². The predicted molar refractivity (Wildman–Crippen MR) is 273 cm³/mol. The van der Waals surface area contributed by atoms with Crippen molar-refractivity contribution in [3.63, 3.8) is 0 Å². The van der Waals surface area contributed by atoms with E-state index in [1.807, 2.05) is 69.3 Å². The normalized spacial score (nSPS) is 15.2. The number of nitrogens with two attached hydrogens (primary N) is 1. The zero-order valence-electron chi connectivity index (χ0n) is 43.1. The van der Waals surface area contributed by atoms with Crippen LogP contribution in [0, 0.1) is 26.7 Å². The topological polar surface area (TPSA) is 282 Å². The number of aliphatic imine (C=N–C) groups is 1. The lowest BCUT2D eigenvalue weighted by atomic mass is 9.88. The molecular weight excluding hydrogens is 943 g/mol. The fourth-order valence-electron chi connectivity index (χ4n) is 8.98. The Morgan fingerprint density at radius 3 is 2.10 bits per heavy atom. The van der Waals surface area contributed by atoms with Gasteiger partial charge in [-0.15, -0.1) is 0 Å². The van der Waals surface area contributed by atoms with Gasteiger partial charge < -0.3 is 46.7 Å². The highest BCUT2D eigenvalue weighted by Crippen LogP contribution is 2.45. The Morgan fingerprint density at radius 1 is 0.875 bits per heavy atom. The van der Waals surface area contributed by atoms with Crippen molar-refractivity contribution in [2.24, 2.45) is 16.6 Å². The summed E-state index contributed by atoms with van der Waals surface area (Å²) in [4.78, 5) is 74.1. The molecule has 5 rings (SSSR count). The number of nitrogens with zero attached hydrogens (tertiary/aromatic N) is 3. The second kappa shape index (κ2) is 24.1. The van der Waals surface area contributed by atoms with Gasteiger partial charge in [-0.05, 0) is 151 Å². The molecule has 390 valence electrons. The zero-order chi connectivity index (χ0) is 53.1. The van der Waals surface area contributed by atoms with E-state index in [4.69, 9.17) is 19.9 Å². The highest BCUT2D eigenvalue weighted by Gasteiger charge is 2.36. The molecule has 0 saturated carbocycles. The van der Waals surface area contributed by atoms with Crippen LogP contribution in [0.5, 0.6) is 5.75 Å². The van der Waals surface area contributed by atoms with Crippen molar-refractivity contribution in [1.29, 1.82) is 0 Å². The fraction of sp³-hybridized carbons (Fsp3) is 0.519. The number of Topliss-reactive ketones (excluding diaryl/α,β-unsaturated/α-hetero) is 1. The van der Waals surface area contributed by atoms with E-state index in [1.165, 1.54) is 0 Å². The van der Waals surface area contributed by atoms with Gasteiger partial charge in [-0.3, -0.25) is 19.4 Å². The van der Waals surface area contributed by atoms with Gasteiger partial charge in [0.05, 0.1) is 10.9 Å². The smallest absolute Gasteiger partial charge is 0.407 e. The third-order valence-corrected chi connectivity index (χ3v) is 14.4. The number of sulfonamides is 1. The van der Waals surface area contributed by atoms with Gasteiger partial charge >= 0.3 is 18.4 Å². The molecule has 3 aromatic rings. The summed E-state index contributed by atoms with van der Waals surface area (Å²) in [5.74, 6) is -2.60. The highest BCUT2D eigenvalue weighted by atomic mass is 32.2. The van der Waals surface area contributed by atoms with Gasteiger partial charge in [0.25, 0.3) is 15.8 Å². The number of rotatable bonds is 21. The molecule has 7 N–H and O–H groups in total. The first-order chi connectivity index (χ1) is 33.8. The Kier molecular flexibility index (Phi) is 18.8. The number of alkyl carbamates (subject to hydrolysis) is 2. The number of ether oxygens (including phenoxy) is 3. The number of ketones is 1. The van der Waals surface area contributed by atoms with E-state index >= 15 is 0 Å². The maximum absolute atomic E-state index is 14.1. The summed E-state index contributed by atoms with van der Waals surface area (Å²) < 4.78 is 47.2. The number of fused-ring (bicyclic) bond motifs is 4. The number of benzene rings is 3. The Hall–Kier alpha value is -6.79. The molecule has 0 radical (unpaired) electrons. The van der Waals surface area contributed by atoms with E-state index in [1.54, 1.807) is 48.5 Å². The van der Waals surface area contributed by atoms with Crippen molar-refractivity contribution in [2.75, 3.05) is 19.7 Å². The van der Waals surface area contributed by atoms with Crippen LogP contribution in [0.3, 0.4) is 0 Å². The molecule has 1 heterocycles. The van der Waals surface area contributed by atoms with Crippen molar-refractivity contribution in [1.82, 2.24) is 26.0 Å². The van der Waals surface area contributed by atoms with Gasteiger partial charge in [-0.2, -0.15) is 4.79 Å². The zero-order valence-corrected chi connectivity index (χ0v) is 43.9. The average Bonchev–Trinajstić information content (AvgIpc) is 3.61. The summed E-state index contributed by atoms with van der Waals surface area (Å²) in [6.45, 7) is 18.0. The van der Waals surface area contributed by atoms with Crippen molar-refractivity contribution in [2.45, 2.75) is 154 Å². The molecular formula is C52H71N9O10S. The Morgan fingerprint density at radius 2 is 1.49 bits per heavy atom. The van der Waals surface area contributed by atoms with Gasteiger partial charge in [0.1, 0.15) is 35.6 Å². The van der Waals surface area contributed by atoms with Crippen molar-refractivity contribution in [3.05, 3.63) is 87.4 Å². The standard InChI is InChI=1S/C52H71N9O10S/c1-30(2)43(60-50(66)69-29-39-37-20-13-11-18-35(37)36-19-12-14-21-38(36)39)47(64)59-41(22-15-16-26-56-49(65)71-51(6,7)8)46(63)58-40(42(62)28-57-54)23-17-27-55-48(53)61-72(67,68)45-32(4)31(3)44-34(33(45)5)24-25-52(9,10)70-44/h11-14,18-21,28,30,39-41,43H,15-17,22-27,29H2,1-10H3,(H,56,65)(H,58,63)(H,59,64)(H,60,66)(H3,53,55,61)/t40-,41-,43-/m0/s1. The molecule has 0 spiro atoms. The van der Waals surface area contributed by atoms with E-state index in [0.29, 0.717) is 54.3 Å². The number of carbonyl (C=O) groups excluding carboxylic acids is 5. The molecule has 0 fully saturated rings. The molecule has 19 nitrogen and oxygen atoms in total. The molecule has 0 aromatic heterocycles. The maximum atomic E-state index is 14.1. The first kappa shape index (κ1) is 56.1. The summed E-state index contributed by atoms with van der Waals surface area (Å²) in [5, 5.41) is 10.7. The quantitative estimate of drug-likeness (QED) is 0.0230. The minimum Gasteiger partial charge on any atom is -0.487 e. The summed E-state index contributed by atoms with van der Waals surface area (Å²) in [5.41, 5.74) is 21.0. The molecule has 0 saturated heterocycles. The van der Waals surface area contributed by atoms with E-state index in [9.17, 15) is 37.9 Å². The van der Waals surface area contributed by atoms with Crippen molar-refractivity contribution < 1.29 is 51.4 Å². The van der Waals surface area contributed by atoms with Crippen molar-refractivity contribution in [3.8, 4) is 16.9 Å². The summed E-state index contributed by atoms with van der Waals surface area (Å²) in [6.07, 6.45) is 1.33. The monoisotopic (exact) mass is 1010 g/mol. The van der Waals surface area contributed by atoms with E-state index in [2.05, 4.69) is 35.8 Å². The molecule has 2 aliphatic rings. The number of hydrogen-bond donors (Lipinski definition) is 6. The number of unbranched alkanes of at least 4 members (excludes halogenated alkanes) is 1. The van der Waals surface area contributed by atoms with Crippen LogP contribution in [0.2, 0.25) is 0 Å². The van der Waals surface area contributed by atoms with Crippen LogP contribution < -0.4 is 36.5 Å². The Balaban J connectivity index is 1.25. The minimum atomic E-state index is -4.19. The molecule has 72 heavy (non-hydrogen) atoms. The second-order valence-electron chi connectivity index (χ2n) is 20.3. The first-order valence-corrected chi connectivity index (χ1v) is 25.9. The number of amides is 4. The fourth-order valence-corrected chi connectivity index (χ4v) is 10.5. The van der Waals surface area contributed by atoms with Gasteiger partial charge in [0, 0.05) is 19.0 Å².